The average molecular weight is 539 g/mol. The molecule has 0 radical (unpaired) electrons. The zero-order valence-electron chi connectivity index (χ0n) is 23.3. The largest absolute Gasteiger partial charge is 0.292 e. The predicted octanol–water partition coefficient (Wildman–Crippen LogP) is 9.25. The monoisotopic (exact) mass is 538 g/mol. The number of aromatic nitrogens is 4. The van der Waals surface area contributed by atoms with E-state index in [-0.39, 0.29) is 5.41 Å². The number of hydrogen-bond donors (Lipinski definition) is 0. The van der Waals surface area contributed by atoms with Gasteiger partial charge in [-0.3, -0.25) is 9.55 Å². The van der Waals surface area contributed by atoms with Crippen LogP contribution < -0.4 is 0 Å². The Bertz CT molecular complexity index is 2380. The van der Waals surface area contributed by atoms with Crippen LogP contribution in [0.25, 0.3) is 71.9 Å². The van der Waals surface area contributed by atoms with Crippen molar-refractivity contribution in [3.05, 3.63) is 133 Å². The lowest BCUT2D eigenvalue weighted by Gasteiger charge is -2.23. The highest BCUT2D eigenvalue weighted by Crippen LogP contribution is 2.55. The summed E-state index contributed by atoms with van der Waals surface area (Å²) in [5.74, 6) is 1.60. The Morgan fingerprint density at radius 1 is 0.643 bits per heavy atom. The molecule has 1 aliphatic carbocycles. The molecule has 0 saturated heterocycles. The summed E-state index contributed by atoms with van der Waals surface area (Å²) in [5, 5.41) is 4.59. The van der Waals surface area contributed by atoms with Crippen LogP contribution in [0.5, 0.6) is 0 Å². The molecule has 8 aromatic rings. The van der Waals surface area contributed by atoms with E-state index in [1.165, 1.54) is 43.9 Å². The second-order valence-electron chi connectivity index (χ2n) is 11.7. The molecule has 9 rings (SSSR count). The van der Waals surface area contributed by atoms with Crippen molar-refractivity contribution in [3.63, 3.8) is 0 Å². The smallest absolute Gasteiger partial charge is 0.162 e. The number of rotatable bonds is 2. The molecule has 3 heterocycles. The SMILES string of the molecule is CC1(C)c2ccccc2-c2c1c1ncccc1c1c3ccccc3n(-c3nc(-c4ccccc4)nc4ccccc34)c21. The predicted molar refractivity (Wildman–Crippen MR) is 172 cm³/mol. The van der Waals surface area contributed by atoms with Crippen molar-refractivity contribution in [1.29, 1.82) is 0 Å². The van der Waals surface area contributed by atoms with Crippen molar-refractivity contribution in [2.24, 2.45) is 0 Å². The molecule has 0 fully saturated rings. The van der Waals surface area contributed by atoms with Crippen LogP contribution in [0.1, 0.15) is 25.0 Å². The van der Waals surface area contributed by atoms with Crippen LogP contribution in [0, 0.1) is 0 Å². The molecule has 0 aliphatic heterocycles. The van der Waals surface area contributed by atoms with Crippen LogP contribution >= 0.6 is 0 Å². The minimum atomic E-state index is -0.211. The van der Waals surface area contributed by atoms with E-state index < -0.39 is 0 Å². The molecule has 0 atom stereocenters. The lowest BCUT2D eigenvalue weighted by Crippen LogP contribution is -2.16. The van der Waals surface area contributed by atoms with Gasteiger partial charge in [-0.1, -0.05) is 105 Å². The van der Waals surface area contributed by atoms with Crippen molar-refractivity contribution >= 4 is 43.6 Å². The summed E-state index contributed by atoms with van der Waals surface area (Å²) >= 11 is 0. The van der Waals surface area contributed by atoms with Gasteiger partial charge in [0.1, 0.15) is 5.82 Å². The third kappa shape index (κ3) is 2.98. The van der Waals surface area contributed by atoms with E-state index in [0.717, 1.165) is 39.1 Å². The molecule has 42 heavy (non-hydrogen) atoms. The van der Waals surface area contributed by atoms with Gasteiger partial charge in [0.2, 0.25) is 0 Å². The molecular formula is C38H26N4. The van der Waals surface area contributed by atoms with Gasteiger partial charge >= 0.3 is 0 Å². The Labute approximate surface area is 242 Å². The highest BCUT2D eigenvalue weighted by Gasteiger charge is 2.40. The average Bonchev–Trinajstić information content (AvgIpc) is 3.51. The third-order valence-corrected chi connectivity index (χ3v) is 9.00. The minimum Gasteiger partial charge on any atom is -0.292 e. The van der Waals surface area contributed by atoms with Crippen LogP contribution in [0.2, 0.25) is 0 Å². The Morgan fingerprint density at radius 2 is 1.36 bits per heavy atom. The Morgan fingerprint density at radius 3 is 2.24 bits per heavy atom. The molecule has 198 valence electrons. The van der Waals surface area contributed by atoms with Gasteiger partial charge in [0, 0.05) is 44.3 Å². The Kier molecular flexibility index (Phi) is 4.64. The molecule has 0 spiro atoms. The first-order chi connectivity index (χ1) is 20.6. The van der Waals surface area contributed by atoms with Crippen molar-refractivity contribution in [1.82, 2.24) is 19.5 Å². The minimum absolute atomic E-state index is 0.211. The van der Waals surface area contributed by atoms with E-state index in [9.17, 15) is 0 Å². The van der Waals surface area contributed by atoms with Gasteiger partial charge in [0.05, 0.1) is 22.1 Å². The van der Waals surface area contributed by atoms with Crippen molar-refractivity contribution in [2.75, 3.05) is 0 Å². The van der Waals surface area contributed by atoms with Crippen LogP contribution in [0.3, 0.4) is 0 Å². The molecular weight excluding hydrogens is 512 g/mol. The summed E-state index contributed by atoms with van der Waals surface area (Å²) in [5.41, 5.74) is 10.2. The summed E-state index contributed by atoms with van der Waals surface area (Å²) in [6, 6.07) is 40.5. The van der Waals surface area contributed by atoms with E-state index in [2.05, 4.69) is 115 Å². The highest BCUT2D eigenvalue weighted by molar-refractivity contribution is 6.27. The number of benzene rings is 5. The van der Waals surface area contributed by atoms with Crippen molar-refractivity contribution < 1.29 is 0 Å². The van der Waals surface area contributed by atoms with Crippen LogP contribution in [-0.2, 0) is 5.41 Å². The first-order valence-electron chi connectivity index (χ1n) is 14.4. The molecule has 0 bridgehead atoms. The van der Waals surface area contributed by atoms with Crippen molar-refractivity contribution in [2.45, 2.75) is 19.3 Å². The third-order valence-electron chi connectivity index (χ3n) is 9.00. The zero-order valence-corrected chi connectivity index (χ0v) is 23.3. The Hall–Kier alpha value is -5.35. The maximum atomic E-state index is 5.35. The van der Waals surface area contributed by atoms with E-state index in [4.69, 9.17) is 15.0 Å². The van der Waals surface area contributed by atoms with E-state index in [0.29, 0.717) is 0 Å². The van der Waals surface area contributed by atoms with Gasteiger partial charge in [-0.15, -0.1) is 0 Å². The fourth-order valence-electron chi connectivity index (χ4n) is 7.21. The molecule has 0 amide bonds. The van der Waals surface area contributed by atoms with Gasteiger partial charge in [-0.25, -0.2) is 9.97 Å². The normalized spacial score (nSPS) is 13.7. The molecule has 0 N–H and O–H groups in total. The summed E-state index contributed by atoms with van der Waals surface area (Å²) in [7, 11) is 0. The van der Waals surface area contributed by atoms with E-state index in [1.807, 2.05) is 24.4 Å². The van der Waals surface area contributed by atoms with E-state index >= 15 is 0 Å². The first kappa shape index (κ1) is 23.4. The fourth-order valence-corrected chi connectivity index (χ4v) is 7.21. The topological polar surface area (TPSA) is 43.6 Å². The maximum Gasteiger partial charge on any atom is 0.162 e. The summed E-state index contributed by atoms with van der Waals surface area (Å²) < 4.78 is 2.39. The van der Waals surface area contributed by atoms with E-state index in [1.54, 1.807) is 0 Å². The summed E-state index contributed by atoms with van der Waals surface area (Å²) in [6.45, 7) is 4.66. The summed E-state index contributed by atoms with van der Waals surface area (Å²) in [6.07, 6.45) is 1.93. The van der Waals surface area contributed by atoms with Gasteiger partial charge in [-0.05, 0) is 41.0 Å². The van der Waals surface area contributed by atoms with Crippen LogP contribution in [0.4, 0.5) is 0 Å². The second-order valence-corrected chi connectivity index (χ2v) is 11.7. The van der Waals surface area contributed by atoms with Gasteiger partial charge in [0.15, 0.2) is 5.82 Å². The standard InChI is InChI=1S/C38H26N4/c1-38(2)28-19-9-6-15-24(28)32-33(38)34-27(18-12-22-39-34)31-26-17-8-11-21-30(26)42(35(31)32)37-25-16-7-10-20-29(25)40-36(41-37)23-13-4-3-5-14-23/h3-22H,1-2H3. The number of pyridine rings is 1. The molecule has 4 nitrogen and oxygen atoms in total. The zero-order chi connectivity index (χ0) is 28.0. The molecule has 3 aromatic heterocycles. The molecule has 4 heteroatoms. The fraction of sp³-hybridized carbons (Fsp3) is 0.0789. The second kappa shape index (κ2) is 8.34. The maximum absolute atomic E-state index is 5.35. The first-order valence-corrected chi connectivity index (χ1v) is 14.4. The molecule has 0 unspecified atom stereocenters. The lowest BCUT2D eigenvalue weighted by atomic mass is 9.81. The highest BCUT2D eigenvalue weighted by atomic mass is 15.1. The van der Waals surface area contributed by atoms with Gasteiger partial charge in [0.25, 0.3) is 0 Å². The lowest BCUT2D eigenvalue weighted by molar-refractivity contribution is 0.665. The molecule has 0 saturated carbocycles. The number of hydrogen-bond acceptors (Lipinski definition) is 3. The van der Waals surface area contributed by atoms with Crippen LogP contribution in [0.15, 0.2) is 121 Å². The number of para-hydroxylation sites is 2. The van der Waals surface area contributed by atoms with Crippen molar-refractivity contribution in [3.8, 4) is 28.3 Å². The van der Waals surface area contributed by atoms with Crippen LogP contribution in [-0.4, -0.2) is 19.5 Å². The quantitative estimate of drug-likeness (QED) is 0.220. The summed E-state index contributed by atoms with van der Waals surface area (Å²) in [4.78, 5) is 15.4. The molecule has 1 aliphatic rings. The number of fused-ring (bicyclic) bond motifs is 11. The Balaban J connectivity index is 1.56. The van der Waals surface area contributed by atoms with Gasteiger partial charge in [-0.2, -0.15) is 0 Å². The number of nitrogens with zero attached hydrogens (tertiary/aromatic N) is 4. The van der Waals surface area contributed by atoms with Gasteiger partial charge < -0.3 is 0 Å². The molecule has 5 aromatic carbocycles.